The summed E-state index contributed by atoms with van der Waals surface area (Å²) in [4.78, 5) is 25.8. The Kier molecular flexibility index (Phi) is 4.79. The number of carbonyl (C=O) groups is 2. The van der Waals surface area contributed by atoms with E-state index in [0.29, 0.717) is 22.6 Å². The van der Waals surface area contributed by atoms with Crippen molar-refractivity contribution in [1.82, 2.24) is 4.90 Å². The molecule has 4 aliphatic carbocycles. The summed E-state index contributed by atoms with van der Waals surface area (Å²) in [7, 11) is 0. The molecule has 0 bridgehead atoms. The number of aliphatic carboxylic acids is 1. The molecule has 1 N–H and O–H groups in total. The molecule has 0 spiro atoms. The molecule has 0 aromatic heterocycles. The molecular weight excluding hydrogens is 362 g/mol. The predicted octanol–water partition coefficient (Wildman–Crippen LogP) is 5.40. The first-order valence-electron chi connectivity index (χ1n) is 11.4. The summed E-state index contributed by atoms with van der Waals surface area (Å²) in [5.74, 6) is 1.44. The highest BCUT2D eigenvalue weighted by atomic mass is 16.4. The zero-order chi connectivity index (χ0) is 21.2. The number of hydrogen-bond acceptors (Lipinski definition) is 2. The lowest BCUT2D eigenvalue weighted by Gasteiger charge is -2.58. The molecule has 3 fully saturated rings. The van der Waals surface area contributed by atoms with E-state index in [0.717, 1.165) is 24.7 Å². The average Bonchev–Trinajstić information content (AvgIpc) is 3.01. The summed E-state index contributed by atoms with van der Waals surface area (Å²) in [5.41, 5.74) is 0.867. The quantitative estimate of drug-likeness (QED) is 0.646. The highest BCUT2D eigenvalue weighted by Gasteiger charge is 2.57. The van der Waals surface area contributed by atoms with Gasteiger partial charge < -0.3 is 10.0 Å². The molecular formula is C25H37NO3. The molecule has 3 saturated carbocycles. The first kappa shape index (κ1) is 20.7. The minimum absolute atomic E-state index is 0.0758. The number of carbonyl (C=O) groups excluding carboxylic acids is 1. The minimum atomic E-state index is -0.927. The molecule has 4 aliphatic rings. The largest absolute Gasteiger partial charge is 0.478 e. The minimum Gasteiger partial charge on any atom is -0.478 e. The molecule has 0 radical (unpaired) electrons. The number of rotatable bonds is 3. The smallest absolute Gasteiger partial charge is 0.337 e. The Morgan fingerprint density at radius 2 is 1.86 bits per heavy atom. The van der Waals surface area contributed by atoms with Crippen molar-refractivity contribution in [3.8, 4) is 0 Å². The maximum Gasteiger partial charge on any atom is 0.337 e. The van der Waals surface area contributed by atoms with Crippen molar-refractivity contribution in [3.63, 3.8) is 0 Å². The van der Waals surface area contributed by atoms with Crippen molar-refractivity contribution in [2.75, 3.05) is 0 Å². The topological polar surface area (TPSA) is 57.6 Å². The summed E-state index contributed by atoms with van der Waals surface area (Å²) in [6.45, 7) is 10.7. The number of hydrogen-bond donors (Lipinski definition) is 1. The van der Waals surface area contributed by atoms with Crippen LogP contribution < -0.4 is 0 Å². The molecule has 0 aromatic carbocycles. The SMILES string of the molecule is CC(C)(C)N(C=O)C1=C[C@@]2(C)[C@H](C=C1C(=O)O)CC[C@H]1[C@@H]3CCC[C@@]3(C)CC[C@@H]12. The van der Waals surface area contributed by atoms with Gasteiger partial charge in [0.2, 0.25) is 6.41 Å². The molecule has 1 amide bonds. The second-order valence-electron chi connectivity index (χ2n) is 11.6. The van der Waals surface area contributed by atoms with Crippen LogP contribution in [-0.4, -0.2) is 27.9 Å². The van der Waals surface area contributed by atoms with E-state index in [1.165, 1.54) is 38.5 Å². The monoisotopic (exact) mass is 399 g/mol. The van der Waals surface area contributed by atoms with Gasteiger partial charge in [0.15, 0.2) is 0 Å². The van der Waals surface area contributed by atoms with Crippen LogP contribution in [0.15, 0.2) is 23.4 Å². The van der Waals surface area contributed by atoms with Crippen LogP contribution in [0.25, 0.3) is 0 Å². The zero-order valence-electron chi connectivity index (χ0n) is 18.7. The van der Waals surface area contributed by atoms with Gasteiger partial charge in [0.05, 0.1) is 11.3 Å². The van der Waals surface area contributed by atoms with Crippen LogP contribution >= 0.6 is 0 Å². The summed E-state index contributed by atoms with van der Waals surface area (Å²) >= 11 is 0. The van der Waals surface area contributed by atoms with Gasteiger partial charge in [0.25, 0.3) is 0 Å². The van der Waals surface area contributed by atoms with Crippen molar-refractivity contribution in [1.29, 1.82) is 0 Å². The van der Waals surface area contributed by atoms with E-state index < -0.39 is 11.5 Å². The first-order chi connectivity index (χ1) is 13.5. The third-order valence-corrected chi connectivity index (χ3v) is 9.04. The van der Waals surface area contributed by atoms with Gasteiger partial charge in [-0.25, -0.2) is 4.79 Å². The van der Waals surface area contributed by atoms with Crippen LogP contribution in [0.2, 0.25) is 0 Å². The van der Waals surface area contributed by atoms with E-state index in [2.05, 4.69) is 19.9 Å². The van der Waals surface area contributed by atoms with Crippen molar-refractivity contribution in [3.05, 3.63) is 23.4 Å². The lowest BCUT2D eigenvalue weighted by molar-refractivity contribution is -0.133. The van der Waals surface area contributed by atoms with E-state index >= 15 is 0 Å². The summed E-state index contributed by atoms with van der Waals surface area (Å²) in [6.07, 6.45) is 13.8. The van der Waals surface area contributed by atoms with Crippen molar-refractivity contribution < 1.29 is 14.7 Å². The number of nitrogens with zero attached hydrogens (tertiary/aromatic N) is 1. The fraction of sp³-hybridized carbons (Fsp3) is 0.760. The molecule has 0 heterocycles. The fourth-order valence-corrected chi connectivity index (χ4v) is 7.51. The highest BCUT2D eigenvalue weighted by molar-refractivity contribution is 5.93. The van der Waals surface area contributed by atoms with Crippen LogP contribution in [0.1, 0.15) is 79.6 Å². The van der Waals surface area contributed by atoms with Gasteiger partial charge >= 0.3 is 5.97 Å². The van der Waals surface area contributed by atoms with Crippen molar-refractivity contribution >= 4 is 12.4 Å². The average molecular weight is 400 g/mol. The Morgan fingerprint density at radius 3 is 2.48 bits per heavy atom. The number of carboxylic acid groups (broad SMARTS) is 1. The van der Waals surface area contributed by atoms with Gasteiger partial charge in [-0.3, -0.25) is 4.79 Å². The molecule has 4 rings (SSSR count). The van der Waals surface area contributed by atoms with Crippen LogP contribution in [0.5, 0.6) is 0 Å². The Balaban J connectivity index is 1.77. The molecule has 6 atom stereocenters. The van der Waals surface area contributed by atoms with Crippen LogP contribution in [0, 0.1) is 34.5 Å². The van der Waals surface area contributed by atoms with E-state index in [9.17, 15) is 14.7 Å². The van der Waals surface area contributed by atoms with E-state index in [4.69, 9.17) is 0 Å². The Morgan fingerprint density at radius 1 is 1.14 bits per heavy atom. The van der Waals surface area contributed by atoms with Crippen LogP contribution in [0.3, 0.4) is 0 Å². The first-order valence-corrected chi connectivity index (χ1v) is 11.4. The normalized spacial score (nSPS) is 41.4. The Bertz CT molecular complexity index is 775. The molecule has 0 unspecified atom stereocenters. The second-order valence-corrected chi connectivity index (χ2v) is 11.6. The Hall–Kier alpha value is -1.58. The number of amides is 1. The maximum atomic E-state index is 12.1. The van der Waals surface area contributed by atoms with E-state index in [1.54, 1.807) is 4.90 Å². The molecule has 160 valence electrons. The number of allylic oxidation sites excluding steroid dienone is 2. The number of fused-ring (bicyclic) bond motifs is 5. The van der Waals surface area contributed by atoms with Gasteiger partial charge in [0.1, 0.15) is 0 Å². The fourth-order valence-electron chi connectivity index (χ4n) is 7.51. The molecule has 4 heteroatoms. The van der Waals surface area contributed by atoms with Gasteiger partial charge in [-0.1, -0.05) is 32.4 Å². The maximum absolute atomic E-state index is 12.1. The standard InChI is InChI=1S/C25H37NO3/c1-23(2,3)26(15-27)21-14-25(5)16(13-18(21)22(28)29)8-9-17-19-7-6-11-24(19,4)12-10-20(17)25/h13-17,19-20H,6-12H2,1-5H3,(H,28,29)/t16-,17-,19-,20-,24-,25-/m0/s1. The molecule has 0 aromatic rings. The molecule has 0 saturated heterocycles. The Labute approximate surface area is 175 Å². The van der Waals surface area contributed by atoms with Crippen LogP contribution in [0.4, 0.5) is 0 Å². The third kappa shape index (κ3) is 3.09. The van der Waals surface area contributed by atoms with E-state index in [1.807, 2.05) is 26.8 Å². The lowest BCUT2D eigenvalue weighted by atomic mass is 9.47. The van der Waals surface area contributed by atoms with Gasteiger partial charge in [-0.2, -0.15) is 0 Å². The van der Waals surface area contributed by atoms with Crippen molar-refractivity contribution in [2.24, 2.45) is 34.5 Å². The molecule has 4 nitrogen and oxygen atoms in total. The van der Waals surface area contributed by atoms with Crippen molar-refractivity contribution in [2.45, 2.75) is 85.1 Å². The number of carboxylic acids is 1. The summed E-state index contributed by atoms with van der Waals surface area (Å²) < 4.78 is 0. The van der Waals surface area contributed by atoms with Gasteiger partial charge in [-0.05, 0) is 93.8 Å². The van der Waals surface area contributed by atoms with E-state index in [-0.39, 0.29) is 11.3 Å². The molecule has 29 heavy (non-hydrogen) atoms. The van der Waals surface area contributed by atoms with Crippen LogP contribution in [-0.2, 0) is 9.59 Å². The summed E-state index contributed by atoms with van der Waals surface area (Å²) in [6, 6.07) is 0. The molecule has 0 aliphatic heterocycles. The third-order valence-electron chi connectivity index (χ3n) is 9.04. The zero-order valence-corrected chi connectivity index (χ0v) is 18.7. The van der Waals surface area contributed by atoms with Gasteiger partial charge in [0, 0.05) is 5.54 Å². The second kappa shape index (κ2) is 6.72. The van der Waals surface area contributed by atoms with Gasteiger partial charge in [-0.15, -0.1) is 0 Å². The summed E-state index contributed by atoms with van der Waals surface area (Å²) in [5, 5.41) is 9.93. The lowest BCUT2D eigenvalue weighted by Crippen LogP contribution is -2.52. The predicted molar refractivity (Wildman–Crippen MR) is 114 cm³/mol. The highest BCUT2D eigenvalue weighted by Crippen LogP contribution is 2.65.